The summed E-state index contributed by atoms with van der Waals surface area (Å²) in [4.78, 5) is 2.35. The molecule has 0 unspecified atom stereocenters. The first-order valence-corrected chi connectivity index (χ1v) is 6.63. The molecule has 1 aliphatic carbocycles. The monoisotopic (exact) mass is 225 g/mol. The second kappa shape index (κ2) is 4.79. The number of anilines is 1. The molecule has 3 rings (SSSR count). The summed E-state index contributed by atoms with van der Waals surface area (Å²) < 4.78 is 0. The Labute approximate surface area is 103 Å². The van der Waals surface area contributed by atoms with Gasteiger partial charge in [-0.05, 0) is 36.5 Å². The molecule has 1 aromatic rings. The van der Waals surface area contributed by atoms with Gasteiger partial charge < -0.3 is 4.90 Å². The van der Waals surface area contributed by atoms with Crippen LogP contribution in [0.5, 0.6) is 0 Å². The lowest BCUT2D eigenvalue weighted by molar-refractivity contribution is 0.651. The van der Waals surface area contributed by atoms with Gasteiger partial charge in [0.2, 0.25) is 0 Å². The van der Waals surface area contributed by atoms with E-state index in [1.165, 1.54) is 36.9 Å². The third-order valence-electron chi connectivity index (χ3n) is 3.83. The van der Waals surface area contributed by atoms with Crippen LogP contribution in [0.4, 0.5) is 5.69 Å². The molecule has 0 amide bonds. The number of hydrogen-bond donors (Lipinski definition) is 0. The molecule has 1 saturated carbocycles. The third-order valence-corrected chi connectivity index (χ3v) is 3.83. The zero-order valence-electron chi connectivity index (χ0n) is 10.2. The highest BCUT2D eigenvalue weighted by molar-refractivity contribution is 5.52. The van der Waals surface area contributed by atoms with Gasteiger partial charge in [0.25, 0.3) is 0 Å². The first kappa shape index (κ1) is 10.6. The summed E-state index contributed by atoms with van der Waals surface area (Å²) in [5, 5.41) is 0. The highest BCUT2D eigenvalue weighted by Crippen LogP contribution is 2.33. The van der Waals surface area contributed by atoms with Crippen molar-refractivity contribution in [3.05, 3.63) is 54.3 Å². The second-order valence-electron chi connectivity index (χ2n) is 5.00. The Morgan fingerprint density at radius 3 is 2.53 bits per heavy atom. The molecule has 0 radical (unpaired) electrons. The van der Waals surface area contributed by atoms with E-state index in [0.717, 1.165) is 12.5 Å². The summed E-state index contributed by atoms with van der Waals surface area (Å²) >= 11 is 0. The van der Waals surface area contributed by atoms with Crippen molar-refractivity contribution < 1.29 is 0 Å². The molecule has 88 valence electrons. The summed E-state index contributed by atoms with van der Waals surface area (Å²) in [6.45, 7) is 1.00. The molecule has 2 aliphatic rings. The fourth-order valence-electron chi connectivity index (χ4n) is 2.88. The summed E-state index contributed by atoms with van der Waals surface area (Å²) in [5.41, 5.74) is 2.82. The van der Waals surface area contributed by atoms with Gasteiger partial charge in [-0.1, -0.05) is 43.2 Å². The molecule has 1 aromatic carbocycles. The molecule has 0 bridgehead atoms. The van der Waals surface area contributed by atoms with E-state index in [9.17, 15) is 0 Å². The smallest absolute Gasteiger partial charge is 0.0409 e. The lowest BCUT2D eigenvalue weighted by Crippen LogP contribution is -2.20. The zero-order chi connectivity index (χ0) is 11.5. The molecule has 17 heavy (non-hydrogen) atoms. The molecular weight excluding hydrogens is 206 g/mol. The SMILES string of the molecule is C1=CC(C2CCCC2)=CN(c2ccccc2)C1. The lowest BCUT2D eigenvalue weighted by Gasteiger charge is -2.25. The zero-order valence-corrected chi connectivity index (χ0v) is 10.2. The summed E-state index contributed by atoms with van der Waals surface area (Å²) in [6.07, 6.45) is 12.5. The van der Waals surface area contributed by atoms with Crippen LogP contribution < -0.4 is 4.90 Å². The first-order chi connectivity index (χ1) is 8.43. The molecule has 1 heteroatoms. The lowest BCUT2D eigenvalue weighted by atomic mass is 9.96. The van der Waals surface area contributed by atoms with Gasteiger partial charge in [0.15, 0.2) is 0 Å². The molecular formula is C16H19N. The van der Waals surface area contributed by atoms with Crippen LogP contribution >= 0.6 is 0 Å². The Kier molecular flexibility index (Phi) is 3.00. The van der Waals surface area contributed by atoms with Crippen LogP contribution in [0.25, 0.3) is 0 Å². The van der Waals surface area contributed by atoms with E-state index in [-0.39, 0.29) is 0 Å². The fourth-order valence-corrected chi connectivity index (χ4v) is 2.88. The molecule has 1 heterocycles. The van der Waals surface area contributed by atoms with Crippen LogP contribution in [0.15, 0.2) is 54.3 Å². The highest BCUT2D eigenvalue weighted by Gasteiger charge is 2.20. The maximum Gasteiger partial charge on any atom is 0.0409 e. The molecule has 0 aromatic heterocycles. The van der Waals surface area contributed by atoms with Gasteiger partial charge in [-0.25, -0.2) is 0 Å². The van der Waals surface area contributed by atoms with Gasteiger partial charge in [-0.2, -0.15) is 0 Å². The molecule has 1 nitrogen and oxygen atoms in total. The van der Waals surface area contributed by atoms with Gasteiger partial charge in [0.05, 0.1) is 0 Å². The fraction of sp³-hybridized carbons (Fsp3) is 0.375. The minimum absolute atomic E-state index is 0.803. The van der Waals surface area contributed by atoms with Crippen LogP contribution in [-0.4, -0.2) is 6.54 Å². The standard InChI is InChI=1S/C16H19N/c1-2-10-16(11-3-1)17-12-6-9-15(13-17)14-7-4-5-8-14/h1-3,6,9-11,13-14H,4-5,7-8,12H2. The predicted molar refractivity (Wildman–Crippen MR) is 73.0 cm³/mol. The number of nitrogens with zero attached hydrogens (tertiary/aromatic N) is 1. The van der Waals surface area contributed by atoms with E-state index in [4.69, 9.17) is 0 Å². The van der Waals surface area contributed by atoms with Crippen LogP contribution in [0.3, 0.4) is 0 Å². The van der Waals surface area contributed by atoms with Crippen molar-refractivity contribution in [1.82, 2.24) is 0 Å². The normalized spacial score (nSPS) is 20.7. The second-order valence-corrected chi connectivity index (χ2v) is 5.00. The summed E-state index contributed by atoms with van der Waals surface area (Å²) in [7, 11) is 0. The van der Waals surface area contributed by atoms with Crippen molar-refractivity contribution in [3.8, 4) is 0 Å². The van der Waals surface area contributed by atoms with E-state index in [1.807, 2.05) is 0 Å². The molecule has 1 fully saturated rings. The van der Waals surface area contributed by atoms with E-state index < -0.39 is 0 Å². The van der Waals surface area contributed by atoms with Gasteiger partial charge in [-0.3, -0.25) is 0 Å². The number of allylic oxidation sites excluding steroid dienone is 2. The van der Waals surface area contributed by atoms with Crippen molar-refractivity contribution in [1.29, 1.82) is 0 Å². The van der Waals surface area contributed by atoms with E-state index in [1.54, 1.807) is 0 Å². The molecule has 0 saturated heterocycles. The van der Waals surface area contributed by atoms with Gasteiger partial charge >= 0.3 is 0 Å². The van der Waals surface area contributed by atoms with Crippen molar-refractivity contribution in [3.63, 3.8) is 0 Å². The number of hydrogen-bond acceptors (Lipinski definition) is 1. The third kappa shape index (κ3) is 2.28. The van der Waals surface area contributed by atoms with Crippen LogP contribution in [0.1, 0.15) is 25.7 Å². The molecule has 0 N–H and O–H groups in total. The minimum atomic E-state index is 0.803. The van der Waals surface area contributed by atoms with Crippen molar-refractivity contribution in [2.75, 3.05) is 11.4 Å². The van der Waals surface area contributed by atoms with Crippen LogP contribution in [-0.2, 0) is 0 Å². The largest absolute Gasteiger partial charge is 0.344 e. The number of para-hydroxylation sites is 1. The average Bonchev–Trinajstić information content (AvgIpc) is 2.94. The number of rotatable bonds is 2. The Hall–Kier alpha value is -1.50. The quantitative estimate of drug-likeness (QED) is 0.731. The summed E-state index contributed by atoms with van der Waals surface area (Å²) in [5.74, 6) is 0.803. The van der Waals surface area contributed by atoms with Gasteiger partial charge in [0.1, 0.15) is 0 Å². The topological polar surface area (TPSA) is 3.24 Å². The predicted octanol–water partition coefficient (Wildman–Crippen LogP) is 4.14. The minimum Gasteiger partial charge on any atom is -0.344 e. The van der Waals surface area contributed by atoms with Crippen molar-refractivity contribution in [2.24, 2.45) is 5.92 Å². The summed E-state index contributed by atoms with van der Waals surface area (Å²) in [6, 6.07) is 10.7. The van der Waals surface area contributed by atoms with Crippen LogP contribution in [0.2, 0.25) is 0 Å². The molecule has 1 aliphatic heterocycles. The maximum atomic E-state index is 2.35. The van der Waals surface area contributed by atoms with E-state index in [0.29, 0.717) is 0 Å². The Morgan fingerprint density at radius 1 is 1.00 bits per heavy atom. The van der Waals surface area contributed by atoms with E-state index in [2.05, 4.69) is 53.6 Å². The van der Waals surface area contributed by atoms with Crippen molar-refractivity contribution in [2.45, 2.75) is 25.7 Å². The van der Waals surface area contributed by atoms with Crippen LogP contribution in [0, 0.1) is 5.92 Å². The maximum absolute atomic E-state index is 2.35. The van der Waals surface area contributed by atoms with Crippen molar-refractivity contribution >= 4 is 5.69 Å². The average molecular weight is 225 g/mol. The molecule has 0 atom stereocenters. The Balaban J connectivity index is 1.81. The Bertz CT molecular complexity index is 424. The Morgan fingerprint density at radius 2 is 1.76 bits per heavy atom. The van der Waals surface area contributed by atoms with Gasteiger partial charge in [-0.15, -0.1) is 0 Å². The molecule has 0 spiro atoms. The van der Waals surface area contributed by atoms with Gasteiger partial charge in [0, 0.05) is 18.4 Å². The highest BCUT2D eigenvalue weighted by atomic mass is 15.1. The first-order valence-electron chi connectivity index (χ1n) is 6.63. The van der Waals surface area contributed by atoms with E-state index >= 15 is 0 Å². The number of benzene rings is 1.